The van der Waals surface area contributed by atoms with E-state index < -0.39 is 0 Å². The number of nitrogens with zero attached hydrogens (tertiary/aromatic N) is 2. The van der Waals surface area contributed by atoms with E-state index >= 15 is 0 Å². The highest BCUT2D eigenvalue weighted by molar-refractivity contribution is 6.32. The zero-order valence-corrected chi connectivity index (χ0v) is 12.5. The maximum atomic E-state index is 11.9. The molecule has 1 aromatic carbocycles. The van der Waals surface area contributed by atoms with Gasteiger partial charge in [-0.05, 0) is 39.2 Å². The first kappa shape index (κ1) is 14.8. The van der Waals surface area contributed by atoms with Crippen molar-refractivity contribution in [3.8, 4) is 0 Å². The summed E-state index contributed by atoms with van der Waals surface area (Å²) in [5.74, 6) is 0.290. The van der Waals surface area contributed by atoms with Gasteiger partial charge in [-0.2, -0.15) is 0 Å². The van der Waals surface area contributed by atoms with Crippen molar-refractivity contribution in [3.63, 3.8) is 0 Å². The fraction of sp³-hybridized carbons (Fsp3) is 0.357. The van der Waals surface area contributed by atoms with Crippen LogP contribution >= 0.6 is 11.6 Å². The number of Topliss-reactive ketones (excluding diaryl/α,β-unsaturated/α-hetero) is 1. The zero-order valence-electron chi connectivity index (χ0n) is 11.7. The molecule has 0 saturated heterocycles. The molecule has 0 fully saturated rings. The Labute approximate surface area is 124 Å². The third-order valence-electron chi connectivity index (χ3n) is 2.63. The third kappa shape index (κ3) is 3.10. The molecule has 0 bridgehead atoms. The molecular weight excluding hydrogens is 272 g/mol. The molecule has 2 radical (unpaired) electrons. The van der Waals surface area contributed by atoms with E-state index in [1.165, 1.54) is 0 Å². The van der Waals surface area contributed by atoms with Crippen molar-refractivity contribution in [2.24, 2.45) is 0 Å². The van der Waals surface area contributed by atoms with E-state index in [0.29, 0.717) is 22.4 Å². The fourth-order valence-corrected chi connectivity index (χ4v) is 2.01. The quantitative estimate of drug-likeness (QED) is 0.695. The Bertz CT molecular complexity index is 667. The molecule has 0 aliphatic heterocycles. The van der Waals surface area contributed by atoms with Gasteiger partial charge in [0.15, 0.2) is 16.8 Å². The summed E-state index contributed by atoms with van der Waals surface area (Å²) in [6, 6.07) is 5.20. The lowest BCUT2D eigenvalue weighted by Crippen LogP contribution is -2.27. The first-order valence-corrected chi connectivity index (χ1v) is 6.67. The number of para-hydroxylation sites is 1. The molecule has 0 spiro atoms. The molecule has 0 aliphatic rings. The Morgan fingerprint density at radius 2 is 2.05 bits per heavy atom. The van der Waals surface area contributed by atoms with Crippen LogP contribution in [0.1, 0.15) is 31.1 Å². The number of fused-ring (bicyclic) bond motifs is 1. The van der Waals surface area contributed by atoms with Gasteiger partial charge in [-0.3, -0.25) is 4.79 Å². The smallest absolute Gasteiger partial charge is 0.172 e. The first-order valence-electron chi connectivity index (χ1n) is 6.29. The Hall–Kier alpha value is -1.62. The number of nitrogens with one attached hydrogen (secondary N) is 1. The van der Waals surface area contributed by atoms with E-state index in [1.54, 1.807) is 18.2 Å². The number of carbonyl (C=O) groups is 1. The Morgan fingerprint density at radius 1 is 1.35 bits per heavy atom. The first-order chi connectivity index (χ1) is 9.31. The molecular formula is C14H15BClN3O. The van der Waals surface area contributed by atoms with Crippen molar-refractivity contribution in [2.45, 2.75) is 32.6 Å². The number of benzene rings is 1. The topological polar surface area (TPSA) is 54.9 Å². The molecule has 0 unspecified atom stereocenters. The summed E-state index contributed by atoms with van der Waals surface area (Å²) in [5, 5.41) is 3.46. The maximum absolute atomic E-state index is 11.9. The highest BCUT2D eigenvalue weighted by Crippen LogP contribution is 2.26. The van der Waals surface area contributed by atoms with Gasteiger partial charge in [-0.15, -0.1) is 0 Å². The summed E-state index contributed by atoms with van der Waals surface area (Å²) in [4.78, 5) is 20.6. The molecule has 2 aromatic rings. The SMILES string of the molecule is [B]CC(=O)c1cccc2nc(Cl)c(NC(C)(C)C)nc12. The van der Waals surface area contributed by atoms with Crippen molar-refractivity contribution in [2.75, 3.05) is 5.32 Å². The highest BCUT2D eigenvalue weighted by atomic mass is 35.5. The van der Waals surface area contributed by atoms with Crippen LogP contribution in [0.25, 0.3) is 11.0 Å². The maximum Gasteiger partial charge on any atom is 0.172 e. The number of hydrogen-bond acceptors (Lipinski definition) is 4. The van der Waals surface area contributed by atoms with E-state index in [1.807, 2.05) is 20.8 Å². The number of hydrogen-bond donors (Lipinski definition) is 1. The van der Waals surface area contributed by atoms with Gasteiger partial charge in [-0.25, -0.2) is 9.97 Å². The van der Waals surface area contributed by atoms with Crippen LogP contribution in [0.3, 0.4) is 0 Å². The average Bonchev–Trinajstić information content (AvgIpc) is 2.36. The molecule has 1 N–H and O–H groups in total. The average molecular weight is 288 g/mol. The summed E-state index contributed by atoms with van der Waals surface area (Å²) in [6.45, 7) is 5.98. The molecule has 6 heteroatoms. The van der Waals surface area contributed by atoms with E-state index in [4.69, 9.17) is 19.4 Å². The monoisotopic (exact) mass is 287 g/mol. The van der Waals surface area contributed by atoms with E-state index in [0.717, 1.165) is 0 Å². The lowest BCUT2D eigenvalue weighted by atomic mass is 9.95. The van der Waals surface area contributed by atoms with Gasteiger partial charge >= 0.3 is 0 Å². The lowest BCUT2D eigenvalue weighted by molar-refractivity contribution is 0.101. The Kier molecular flexibility index (Phi) is 4.00. The van der Waals surface area contributed by atoms with Crippen LogP contribution in [-0.2, 0) is 0 Å². The van der Waals surface area contributed by atoms with Crippen LogP contribution in [0.4, 0.5) is 5.82 Å². The highest BCUT2D eigenvalue weighted by Gasteiger charge is 2.17. The van der Waals surface area contributed by atoms with Gasteiger partial charge in [0.05, 0.1) is 13.4 Å². The zero-order chi connectivity index (χ0) is 14.9. The summed E-state index contributed by atoms with van der Waals surface area (Å²) in [5.41, 5.74) is 1.35. The molecule has 0 amide bonds. The minimum atomic E-state index is -0.210. The van der Waals surface area contributed by atoms with Gasteiger partial charge in [-0.1, -0.05) is 17.7 Å². The van der Waals surface area contributed by atoms with Crippen LogP contribution in [-0.4, -0.2) is 29.1 Å². The van der Waals surface area contributed by atoms with Gasteiger partial charge in [0.1, 0.15) is 5.52 Å². The van der Waals surface area contributed by atoms with Crippen LogP contribution < -0.4 is 5.32 Å². The standard InChI is InChI=1S/C14H15BClN3O/c1-14(2,3)19-13-12(16)17-9-6-4-5-8(10(20)7-15)11(9)18-13/h4-6H,7H2,1-3H3,(H,18,19). The summed E-state index contributed by atoms with van der Waals surface area (Å²) < 4.78 is 0. The summed E-state index contributed by atoms with van der Waals surface area (Å²) >= 11 is 6.13. The molecule has 102 valence electrons. The fourth-order valence-electron chi connectivity index (χ4n) is 1.83. The predicted octanol–water partition coefficient (Wildman–Crippen LogP) is 3.26. The van der Waals surface area contributed by atoms with Crippen molar-refractivity contribution >= 4 is 42.1 Å². The number of halogens is 1. The van der Waals surface area contributed by atoms with Crippen LogP contribution in [0, 0.1) is 0 Å². The molecule has 2 rings (SSSR count). The van der Waals surface area contributed by atoms with E-state index in [9.17, 15) is 4.79 Å². The normalized spacial score (nSPS) is 11.6. The minimum absolute atomic E-state index is 0.0640. The number of rotatable bonds is 3. The number of aromatic nitrogens is 2. The molecule has 0 saturated carbocycles. The summed E-state index contributed by atoms with van der Waals surface area (Å²) in [6.07, 6.45) is -0.0640. The van der Waals surface area contributed by atoms with Crippen LogP contribution in [0.5, 0.6) is 0 Å². The minimum Gasteiger partial charge on any atom is -0.363 e. The molecule has 0 aliphatic carbocycles. The largest absolute Gasteiger partial charge is 0.363 e. The van der Waals surface area contributed by atoms with Crippen molar-refractivity contribution < 1.29 is 4.79 Å². The number of carbonyl (C=O) groups excluding carboxylic acids is 1. The van der Waals surface area contributed by atoms with Crippen LogP contribution in [0.15, 0.2) is 18.2 Å². The Morgan fingerprint density at radius 3 is 2.65 bits per heavy atom. The second kappa shape index (κ2) is 5.41. The van der Waals surface area contributed by atoms with E-state index in [2.05, 4.69) is 15.3 Å². The molecule has 1 heterocycles. The number of anilines is 1. The van der Waals surface area contributed by atoms with Crippen LogP contribution in [0.2, 0.25) is 11.5 Å². The second-order valence-electron chi connectivity index (χ2n) is 5.54. The third-order valence-corrected chi connectivity index (χ3v) is 2.90. The second-order valence-corrected chi connectivity index (χ2v) is 5.90. The van der Waals surface area contributed by atoms with Gasteiger partial charge in [0, 0.05) is 11.1 Å². The molecule has 1 aromatic heterocycles. The van der Waals surface area contributed by atoms with Gasteiger partial charge < -0.3 is 5.32 Å². The van der Waals surface area contributed by atoms with Crippen molar-refractivity contribution in [3.05, 3.63) is 28.9 Å². The molecule has 0 atom stereocenters. The molecule has 20 heavy (non-hydrogen) atoms. The predicted molar refractivity (Wildman–Crippen MR) is 82.8 cm³/mol. The van der Waals surface area contributed by atoms with Gasteiger partial charge in [0.2, 0.25) is 0 Å². The van der Waals surface area contributed by atoms with E-state index in [-0.39, 0.29) is 22.8 Å². The van der Waals surface area contributed by atoms with Crippen molar-refractivity contribution in [1.82, 2.24) is 9.97 Å². The lowest BCUT2D eigenvalue weighted by Gasteiger charge is -2.22. The van der Waals surface area contributed by atoms with Gasteiger partial charge in [0.25, 0.3) is 0 Å². The summed E-state index contributed by atoms with van der Waals surface area (Å²) in [7, 11) is 5.43. The Balaban J connectivity index is 2.63. The van der Waals surface area contributed by atoms with Crippen molar-refractivity contribution in [1.29, 1.82) is 0 Å². The molecule has 4 nitrogen and oxygen atoms in total. The number of ketones is 1.